The molecule has 10 atom stereocenters. The molecule has 2 rings (SSSR count). The minimum atomic E-state index is -1.73. The summed E-state index contributed by atoms with van der Waals surface area (Å²) in [6.45, 7) is -0.976. The van der Waals surface area contributed by atoms with Crippen LogP contribution in [0.5, 0.6) is 0 Å². The molecule has 0 radical (unpaired) electrons. The van der Waals surface area contributed by atoms with Gasteiger partial charge in [-0.1, -0.05) is 25.7 Å². The van der Waals surface area contributed by atoms with Crippen LogP contribution in [0.25, 0.3) is 0 Å². The number of aliphatic hydroxyl groups is 7. The SMILES string of the molecule is C#CCCCCCCCCO[C@@H]1[C@@H](O)[C@@H](O[C@H]2[C@H](O)[C@@H](O)[C@@H](O)O[C@@H]2CO)O[C@H](CO)[C@H]1O. The third-order valence-electron chi connectivity index (χ3n) is 5.98. The van der Waals surface area contributed by atoms with Crippen molar-refractivity contribution in [1.29, 1.82) is 0 Å². The third-order valence-corrected chi connectivity index (χ3v) is 5.98. The van der Waals surface area contributed by atoms with Crippen LogP contribution in [0.3, 0.4) is 0 Å². The van der Waals surface area contributed by atoms with Gasteiger partial charge in [0.2, 0.25) is 0 Å². The lowest BCUT2D eigenvalue weighted by atomic mass is 9.97. The van der Waals surface area contributed by atoms with Crippen molar-refractivity contribution in [2.45, 2.75) is 106 Å². The number of aliphatic hydroxyl groups excluding tert-OH is 7. The van der Waals surface area contributed by atoms with Gasteiger partial charge < -0.3 is 54.7 Å². The van der Waals surface area contributed by atoms with E-state index in [-0.39, 0.29) is 6.61 Å². The molecule has 7 N–H and O–H groups in total. The molecule has 0 spiro atoms. The normalized spacial score (nSPS) is 39.3. The lowest BCUT2D eigenvalue weighted by Gasteiger charge is -2.46. The van der Waals surface area contributed by atoms with Gasteiger partial charge in [-0.25, -0.2) is 0 Å². The highest BCUT2D eigenvalue weighted by Gasteiger charge is 2.50. The number of rotatable bonds is 13. The molecule has 33 heavy (non-hydrogen) atoms. The zero-order valence-electron chi connectivity index (χ0n) is 18.7. The molecule has 2 fully saturated rings. The molecule has 0 saturated carbocycles. The predicted octanol–water partition coefficient (Wildman–Crippen LogP) is -2.01. The van der Waals surface area contributed by atoms with E-state index in [1.165, 1.54) is 0 Å². The molecule has 0 aromatic heterocycles. The molecule has 0 amide bonds. The Balaban J connectivity index is 1.90. The van der Waals surface area contributed by atoms with Crippen LogP contribution in [0.2, 0.25) is 0 Å². The molecule has 0 unspecified atom stereocenters. The Hall–Kier alpha value is -0.880. The fourth-order valence-electron chi connectivity index (χ4n) is 4.01. The van der Waals surface area contributed by atoms with E-state index >= 15 is 0 Å². The third kappa shape index (κ3) is 7.81. The van der Waals surface area contributed by atoms with Gasteiger partial charge in [0.1, 0.15) is 48.8 Å². The fraction of sp³-hybridized carbons (Fsp3) is 0.909. The van der Waals surface area contributed by atoms with Gasteiger partial charge in [0, 0.05) is 13.0 Å². The van der Waals surface area contributed by atoms with E-state index in [0.717, 1.165) is 38.5 Å². The molecular formula is C22H38O11. The first-order valence-corrected chi connectivity index (χ1v) is 11.5. The molecule has 0 aromatic carbocycles. The first-order valence-electron chi connectivity index (χ1n) is 11.5. The summed E-state index contributed by atoms with van der Waals surface area (Å²) in [6, 6.07) is 0. The summed E-state index contributed by atoms with van der Waals surface area (Å²) in [5.74, 6) is 2.61. The lowest BCUT2D eigenvalue weighted by Crippen LogP contribution is -2.64. The summed E-state index contributed by atoms with van der Waals surface area (Å²) in [7, 11) is 0. The Morgan fingerprint density at radius 2 is 1.33 bits per heavy atom. The minimum absolute atomic E-state index is 0.257. The van der Waals surface area contributed by atoms with E-state index in [9.17, 15) is 35.7 Å². The Kier molecular flexibility index (Phi) is 12.5. The number of terminal acetylenes is 1. The maximum Gasteiger partial charge on any atom is 0.187 e. The van der Waals surface area contributed by atoms with Crippen LogP contribution >= 0.6 is 0 Å². The van der Waals surface area contributed by atoms with Gasteiger partial charge in [0.05, 0.1) is 13.2 Å². The molecule has 0 bridgehead atoms. The van der Waals surface area contributed by atoms with Crippen LogP contribution in [0.15, 0.2) is 0 Å². The van der Waals surface area contributed by atoms with Crippen LogP contribution < -0.4 is 0 Å². The van der Waals surface area contributed by atoms with Crippen molar-refractivity contribution >= 4 is 0 Å². The van der Waals surface area contributed by atoms with Crippen molar-refractivity contribution in [2.24, 2.45) is 0 Å². The molecule has 192 valence electrons. The Bertz CT molecular complexity index is 583. The summed E-state index contributed by atoms with van der Waals surface area (Å²) in [5, 5.41) is 69.9. The summed E-state index contributed by atoms with van der Waals surface area (Å²) >= 11 is 0. The van der Waals surface area contributed by atoms with Crippen molar-refractivity contribution in [3.63, 3.8) is 0 Å². The second kappa shape index (κ2) is 14.5. The van der Waals surface area contributed by atoms with Gasteiger partial charge in [-0.05, 0) is 12.8 Å². The molecule has 11 heteroatoms. The first kappa shape index (κ1) is 28.4. The van der Waals surface area contributed by atoms with Crippen molar-refractivity contribution < 1.29 is 54.7 Å². The molecule has 2 saturated heterocycles. The highest BCUT2D eigenvalue weighted by atomic mass is 16.7. The molecule has 11 nitrogen and oxygen atoms in total. The first-order chi connectivity index (χ1) is 15.8. The number of unbranched alkanes of at least 4 members (excludes halogenated alkanes) is 6. The topological polar surface area (TPSA) is 179 Å². The second-order valence-electron chi connectivity index (χ2n) is 8.45. The van der Waals surface area contributed by atoms with Crippen LogP contribution in [0.1, 0.15) is 44.9 Å². The molecule has 2 aliphatic heterocycles. The molecule has 0 aromatic rings. The highest BCUT2D eigenvalue weighted by Crippen LogP contribution is 2.29. The zero-order chi connectivity index (χ0) is 24.4. The van der Waals surface area contributed by atoms with Crippen LogP contribution in [-0.2, 0) is 18.9 Å². The monoisotopic (exact) mass is 478 g/mol. The second-order valence-corrected chi connectivity index (χ2v) is 8.45. The standard InChI is InChI=1S/C22H38O11/c1-2-3-4-5-6-7-8-9-10-30-20-15(25)13(11-23)32-22(18(20)28)33-19-14(12-24)31-21(29)17(27)16(19)26/h1,13-29H,3-12H2/t13-,14-,15-,16-,17-,18-,19-,20+,21+,22-/m1/s1. The maximum absolute atomic E-state index is 10.7. The molecule has 2 aliphatic rings. The van der Waals surface area contributed by atoms with Gasteiger partial charge >= 0.3 is 0 Å². The summed E-state index contributed by atoms with van der Waals surface area (Å²) < 4.78 is 21.7. The van der Waals surface area contributed by atoms with E-state index < -0.39 is 74.6 Å². The zero-order valence-corrected chi connectivity index (χ0v) is 18.7. The van der Waals surface area contributed by atoms with Crippen molar-refractivity contribution in [1.82, 2.24) is 0 Å². The largest absolute Gasteiger partial charge is 0.394 e. The van der Waals surface area contributed by atoms with Crippen molar-refractivity contribution in [3.05, 3.63) is 0 Å². The minimum Gasteiger partial charge on any atom is -0.394 e. The smallest absolute Gasteiger partial charge is 0.187 e. The highest BCUT2D eigenvalue weighted by molar-refractivity contribution is 4.94. The van der Waals surface area contributed by atoms with Crippen LogP contribution in [0, 0.1) is 12.3 Å². The summed E-state index contributed by atoms with van der Waals surface area (Å²) in [6.07, 6.45) is -2.49. The Morgan fingerprint density at radius 1 is 0.697 bits per heavy atom. The number of hydrogen-bond donors (Lipinski definition) is 7. The van der Waals surface area contributed by atoms with Gasteiger partial charge in [0.15, 0.2) is 12.6 Å². The van der Waals surface area contributed by atoms with Gasteiger partial charge in [-0.3, -0.25) is 0 Å². The van der Waals surface area contributed by atoms with Gasteiger partial charge in [-0.2, -0.15) is 0 Å². The average molecular weight is 479 g/mol. The van der Waals surface area contributed by atoms with E-state index in [1.807, 2.05) is 0 Å². The predicted molar refractivity (Wildman–Crippen MR) is 114 cm³/mol. The van der Waals surface area contributed by atoms with Crippen LogP contribution in [0.4, 0.5) is 0 Å². The van der Waals surface area contributed by atoms with E-state index in [4.69, 9.17) is 25.4 Å². The number of hydrogen-bond acceptors (Lipinski definition) is 11. The van der Waals surface area contributed by atoms with E-state index in [1.54, 1.807) is 0 Å². The average Bonchev–Trinajstić information content (AvgIpc) is 2.81. The fourth-order valence-corrected chi connectivity index (χ4v) is 4.01. The molecule has 2 heterocycles. The Morgan fingerprint density at radius 3 is 1.97 bits per heavy atom. The van der Waals surface area contributed by atoms with E-state index in [2.05, 4.69) is 5.92 Å². The maximum atomic E-state index is 10.7. The molecular weight excluding hydrogens is 440 g/mol. The van der Waals surface area contributed by atoms with Gasteiger partial charge in [0.25, 0.3) is 0 Å². The molecule has 0 aliphatic carbocycles. The quantitative estimate of drug-likeness (QED) is 0.115. The van der Waals surface area contributed by atoms with Crippen molar-refractivity contribution in [2.75, 3.05) is 19.8 Å². The summed E-state index contributed by atoms with van der Waals surface area (Å²) in [5.41, 5.74) is 0. The van der Waals surface area contributed by atoms with Crippen LogP contribution in [-0.4, -0.2) is 117 Å². The number of ether oxygens (including phenoxy) is 4. The summed E-state index contributed by atoms with van der Waals surface area (Å²) in [4.78, 5) is 0. The van der Waals surface area contributed by atoms with Crippen molar-refractivity contribution in [3.8, 4) is 12.3 Å². The Labute approximate surface area is 193 Å². The van der Waals surface area contributed by atoms with Gasteiger partial charge in [-0.15, -0.1) is 12.3 Å². The lowest BCUT2D eigenvalue weighted by molar-refractivity contribution is -0.357. The van der Waals surface area contributed by atoms with E-state index in [0.29, 0.717) is 6.42 Å².